The maximum absolute atomic E-state index is 4.04. The molecule has 92 valence electrons. The number of piperidine rings is 1. The summed E-state index contributed by atoms with van der Waals surface area (Å²) in [5.41, 5.74) is 1.76. The first-order valence-electron chi connectivity index (χ1n) is 6.68. The molecule has 0 atom stereocenters. The predicted molar refractivity (Wildman–Crippen MR) is 70.1 cm³/mol. The molecular formula is C14H21N3. The molecule has 2 aliphatic rings. The Balaban J connectivity index is 1.52. The van der Waals surface area contributed by atoms with Gasteiger partial charge in [0, 0.05) is 42.8 Å². The highest BCUT2D eigenvalue weighted by atomic mass is 15.2. The van der Waals surface area contributed by atoms with Crippen LogP contribution >= 0.6 is 0 Å². The molecule has 1 N–H and O–H groups in total. The van der Waals surface area contributed by atoms with Crippen LogP contribution < -0.4 is 5.32 Å². The van der Waals surface area contributed by atoms with Crippen molar-refractivity contribution in [2.24, 2.45) is 0 Å². The normalized spacial score (nSPS) is 24.5. The summed E-state index contributed by atoms with van der Waals surface area (Å²) in [6, 6.07) is 4.74. The highest BCUT2D eigenvalue weighted by molar-refractivity contribution is 5.41. The van der Waals surface area contributed by atoms with Crippen molar-refractivity contribution in [3.05, 3.63) is 24.5 Å². The molecule has 1 saturated carbocycles. The van der Waals surface area contributed by atoms with Gasteiger partial charge in [-0.25, -0.2) is 0 Å². The zero-order valence-electron chi connectivity index (χ0n) is 10.5. The fraction of sp³-hybridized carbons (Fsp3) is 0.643. The van der Waals surface area contributed by atoms with Crippen molar-refractivity contribution in [1.82, 2.24) is 9.88 Å². The molecule has 3 nitrogen and oxygen atoms in total. The van der Waals surface area contributed by atoms with Crippen molar-refractivity contribution in [2.75, 3.05) is 18.4 Å². The van der Waals surface area contributed by atoms with E-state index in [1.807, 2.05) is 12.4 Å². The Kier molecular flexibility index (Phi) is 2.79. The third-order valence-electron chi connectivity index (χ3n) is 4.28. The van der Waals surface area contributed by atoms with E-state index >= 15 is 0 Å². The number of rotatable bonds is 3. The summed E-state index contributed by atoms with van der Waals surface area (Å²) in [5, 5.41) is 3.61. The molecule has 2 heterocycles. The van der Waals surface area contributed by atoms with Crippen molar-refractivity contribution in [2.45, 2.75) is 44.2 Å². The number of nitrogens with zero attached hydrogens (tertiary/aromatic N) is 2. The maximum Gasteiger partial charge on any atom is 0.0373 e. The third-order valence-corrected chi connectivity index (χ3v) is 4.28. The number of anilines is 1. The van der Waals surface area contributed by atoms with Crippen molar-refractivity contribution in [3.8, 4) is 0 Å². The predicted octanol–water partition coefficient (Wildman–Crippen LogP) is 2.51. The van der Waals surface area contributed by atoms with Crippen LogP contribution in [0.25, 0.3) is 0 Å². The Hall–Kier alpha value is -1.09. The van der Waals surface area contributed by atoms with Crippen LogP contribution in [0.1, 0.15) is 32.6 Å². The topological polar surface area (TPSA) is 28.2 Å². The Labute approximate surface area is 103 Å². The lowest BCUT2D eigenvalue weighted by Gasteiger charge is -2.37. The molecule has 0 unspecified atom stereocenters. The van der Waals surface area contributed by atoms with Crippen LogP contribution in [0.4, 0.5) is 5.69 Å². The molecule has 0 aromatic carbocycles. The summed E-state index contributed by atoms with van der Waals surface area (Å²) in [4.78, 5) is 6.72. The summed E-state index contributed by atoms with van der Waals surface area (Å²) < 4.78 is 0. The number of likely N-dealkylation sites (tertiary alicyclic amines) is 1. The molecule has 2 fully saturated rings. The number of pyridine rings is 1. The molecule has 3 heteroatoms. The SMILES string of the molecule is CC1(N2CCC(Nc3ccncc3)CC2)CC1. The third kappa shape index (κ3) is 2.44. The Morgan fingerprint density at radius 2 is 1.88 bits per heavy atom. The molecule has 1 aromatic rings. The van der Waals surface area contributed by atoms with Crippen LogP contribution in [-0.2, 0) is 0 Å². The van der Waals surface area contributed by atoms with E-state index in [0.29, 0.717) is 11.6 Å². The van der Waals surface area contributed by atoms with Gasteiger partial charge in [0.1, 0.15) is 0 Å². The van der Waals surface area contributed by atoms with E-state index in [4.69, 9.17) is 0 Å². The molecule has 17 heavy (non-hydrogen) atoms. The first kappa shape index (κ1) is 11.0. The summed E-state index contributed by atoms with van der Waals surface area (Å²) in [5.74, 6) is 0. The summed E-state index contributed by atoms with van der Waals surface area (Å²) in [6.07, 6.45) is 9.02. The average Bonchev–Trinajstić information content (AvgIpc) is 3.11. The Bertz CT molecular complexity index is 364. The summed E-state index contributed by atoms with van der Waals surface area (Å²) in [7, 11) is 0. The van der Waals surface area contributed by atoms with Gasteiger partial charge >= 0.3 is 0 Å². The van der Waals surface area contributed by atoms with Gasteiger partial charge in [0.25, 0.3) is 0 Å². The van der Waals surface area contributed by atoms with Gasteiger partial charge in [0.2, 0.25) is 0 Å². The zero-order valence-corrected chi connectivity index (χ0v) is 10.5. The second-order valence-corrected chi connectivity index (χ2v) is 5.64. The van der Waals surface area contributed by atoms with Gasteiger partial charge < -0.3 is 5.32 Å². The van der Waals surface area contributed by atoms with E-state index in [-0.39, 0.29) is 0 Å². The Morgan fingerprint density at radius 3 is 2.47 bits per heavy atom. The van der Waals surface area contributed by atoms with E-state index in [1.165, 1.54) is 44.5 Å². The van der Waals surface area contributed by atoms with Crippen molar-refractivity contribution in [3.63, 3.8) is 0 Å². The van der Waals surface area contributed by atoms with E-state index < -0.39 is 0 Å². The van der Waals surface area contributed by atoms with Gasteiger partial charge in [-0.1, -0.05) is 0 Å². The first-order chi connectivity index (χ1) is 8.26. The smallest absolute Gasteiger partial charge is 0.0373 e. The van der Waals surface area contributed by atoms with E-state index in [1.54, 1.807) is 0 Å². The average molecular weight is 231 g/mol. The molecule has 0 spiro atoms. The number of aromatic nitrogens is 1. The monoisotopic (exact) mass is 231 g/mol. The van der Waals surface area contributed by atoms with E-state index in [9.17, 15) is 0 Å². The largest absolute Gasteiger partial charge is 0.382 e. The van der Waals surface area contributed by atoms with Crippen LogP contribution in [0.15, 0.2) is 24.5 Å². The van der Waals surface area contributed by atoms with Crippen molar-refractivity contribution < 1.29 is 0 Å². The zero-order chi connectivity index (χ0) is 11.7. The minimum atomic E-state index is 0.557. The highest BCUT2D eigenvalue weighted by Crippen LogP contribution is 2.42. The Morgan fingerprint density at radius 1 is 1.24 bits per heavy atom. The molecule has 0 radical (unpaired) electrons. The lowest BCUT2D eigenvalue weighted by Crippen LogP contribution is -2.44. The quantitative estimate of drug-likeness (QED) is 0.866. The highest BCUT2D eigenvalue weighted by Gasteiger charge is 2.43. The van der Waals surface area contributed by atoms with Gasteiger partial charge in [-0.2, -0.15) is 0 Å². The van der Waals surface area contributed by atoms with Gasteiger partial charge in [0.15, 0.2) is 0 Å². The standard InChI is InChI=1S/C14H21N3/c1-14(6-7-14)17-10-4-13(5-11-17)16-12-2-8-15-9-3-12/h2-3,8-9,13H,4-7,10-11H2,1H3,(H,15,16). The van der Waals surface area contributed by atoms with Crippen LogP contribution in [0.3, 0.4) is 0 Å². The number of hydrogen-bond donors (Lipinski definition) is 1. The van der Waals surface area contributed by atoms with Gasteiger partial charge in [-0.15, -0.1) is 0 Å². The van der Waals surface area contributed by atoms with E-state index in [2.05, 4.69) is 34.3 Å². The summed E-state index contributed by atoms with van der Waals surface area (Å²) in [6.45, 7) is 4.90. The second-order valence-electron chi connectivity index (χ2n) is 5.64. The lowest BCUT2D eigenvalue weighted by atomic mass is 10.0. The van der Waals surface area contributed by atoms with Gasteiger partial charge in [-0.05, 0) is 44.7 Å². The molecule has 3 rings (SSSR count). The van der Waals surface area contributed by atoms with E-state index in [0.717, 1.165) is 0 Å². The molecular weight excluding hydrogens is 210 g/mol. The van der Waals surface area contributed by atoms with Crippen molar-refractivity contribution in [1.29, 1.82) is 0 Å². The first-order valence-corrected chi connectivity index (χ1v) is 6.68. The maximum atomic E-state index is 4.04. The fourth-order valence-corrected chi connectivity index (χ4v) is 2.74. The molecule has 1 aliphatic carbocycles. The number of nitrogens with one attached hydrogen (secondary N) is 1. The van der Waals surface area contributed by atoms with Gasteiger partial charge in [-0.3, -0.25) is 9.88 Å². The van der Waals surface area contributed by atoms with Crippen molar-refractivity contribution >= 4 is 5.69 Å². The van der Waals surface area contributed by atoms with Crippen LogP contribution in [-0.4, -0.2) is 34.6 Å². The molecule has 0 amide bonds. The summed E-state index contributed by atoms with van der Waals surface area (Å²) >= 11 is 0. The van der Waals surface area contributed by atoms with Crippen LogP contribution in [0.2, 0.25) is 0 Å². The van der Waals surface area contributed by atoms with Crippen LogP contribution in [0, 0.1) is 0 Å². The van der Waals surface area contributed by atoms with Crippen LogP contribution in [0.5, 0.6) is 0 Å². The molecule has 1 aromatic heterocycles. The fourth-order valence-electron chi connectivity index (χ4n) is 2.74. The number of hydrogen-bond acceptors (Lipinski definition) is 3. The minimum Gasteiger partial charge on any atom is -0.382 e. The minimum absolute atomic E-state index is 0.557. The molecule has 0 bridgehead atoms. The second kappa shape index (κ2) is 4.30. The van der Waals surface area contributed by atoms with Gasteiger partial charge in [0.05, 0.1) is 0 Å². The molecule has 1 aliphatic heterocycles. The molecule has 1 saturated heterocycles. The lowest BCUT2D eigenvalue weighted by molar-refractivity contribution is 0.151.